The predicted octanol–water partition coefficient (Wildman–Crippen LogP) is 16.7. The molecule has 0 atom stereocenters. The molecule has 0 fully saturated rings. The van der Waals surface area contributed by atoms with Crippen LogP contribution in [0.15, 0.2) is 164 Å². The van der Waals surface area contributed by atoms with Crippen LogP contribution in [0.2, 0.25) is 5.02 Å². The number of halogens is 25. The number of rotatable bonds is 9. The van der Waals surface area contributed by atoms with Crippen LogP contribution in [-0.2, 0) is 56.0 Å². The highest BCUT2D eigenvalue weighted by Gasteiger charge is 2.47. The molecule has 0 saturated carbocycles. The molecule has 0 aliphatic carbocycles. The zero-order valence-corrected chi connectivity index (χ0v) is 41.8. The Kier molecular flexibility index (Phi) is 17.1. The van der Waals surface area contributed by atoms with Crippen molar-refractivity contribution in [3.63, 3.8) is 0 Å². The van der Waals surface area contributed by atoms with Crippen molar-refractivity contribution in [1.82, 2.24) is 0 Å². The maximum atomic E-state index is 14.2. The monoisotopic (exact) mass is 1240 g/mol. The second-order valence-electron chi connectivity index (χ2n) is 18.4. The van der Waals surface area contributed by atoms with Crippen molar-refractivity contribution in [3.8, 4) is 11.6 Å². The molecule has 0 saturated heterocycles. The lowest BCUT2D eigenvalue weighted by atomic mass is 9.12. The van der Waals surface area contributed by atoms with Crippen LogP contribution in [0.3, 0.4) is 0 Å². The Morgan fingerprint density at radius 1 is 0.381 bits per heavy atom. The van der Waals surface area contributed by atoms with Gasteiger partial charge in [-0.3, -0.25) is 4.79 Å². The van der Waals surface area contributed by atoms with Crippen molar-refractivity contribution in [1.29, 1.82) is 0 Å². The first-order valence-corrected chi connectivity index (χ1v) is 23.6. The fourth-order valence-electron chi connectivity index (χ4n) is 9.05. The number of ketones is 1. The summed E-state index contributed by atoms with van der Waals surface area (Å²) in [7, 11) is 0. The van der Waals surface area contributed by atoms with E-state index in [1.807, 2.05) is 83.6 Å². The summed E-state index contributed by atoms with van der Waals surface area (Å²) >= 11 is 6.09. The fraction of sp³-hybridized carbons (Fsp3) is 0.164. The van der Waals surface area contributed by atoms with Gasteiger partial charge in [-0.2, -0.15) is 132 Å². The largest absolute Gasteiger partial charge is 0.416 e. The number of hydrogen-bond donors (Lipinski definition) is 0. The molecule has 0 aliphatic rings. The average molecular weight is 1240 g/mol. The molecule has 7 aromatic carbocycles. The van der Waals surface area contributed by atoms with E-state index in [2.05, 4.69) is 0 Å². The molecule has 1 heterocycles. The van der Waals surface area contributed by atoms with Crippen LogP contribution in [0.1, 0.15) is 54.9 Å². The Hall–Kier alpha value is -7.91. The predicted molar refractivity (Wildman–Crippen MR) is 257 cm³/mol. The zero-order valence-electron chi connectivity index (χ0n) is 41.1. The highest BCUT2D eigenvalue weighted by Crippen LogP contribution is 2.42. The van der Waals surface area contributed by atoms with E-state index in [-0.39, 0.29) is 12.3 Å². The van der Waals surface area contributed by atoms with E-state index in [9.17, 15) is 110 Å². The molecular formula is C55H29BClF24NO2. The van der Waals surface area contributed by atoms with Gasteiger partial charge in [-0.05, 0) is 53.9 Å². The lowest BCUT2D eigenvalue weighted by molar-refractivity contribution is -0.685. The molecule has 8 aromatic rings. The number of aromatic nitrogens is 1. The van der Waals surface area contributed by atoms with Gasteiger partial charge in [0.05, 0.1) is 49.9 Å². The van der Waals surface area contributed by atoms with Gasteiger partial charge in [0.15, 0.2) is 6.20 Å². The second kappa shape index (κ2) is 22.6. The number of Topliss-reactive ketones (excluding diaryl/α,β-unsaturated/α-hetero) is 1. The molecule has 84 heavy (non-hydrogen) atoms. The molecule has 0 bridgehead atoms. The van der Waals surface area contributed by atoms with Gasteiger partial charge in [0.1, 0.15) is 11.9 Å². The maximum absolute atomic E-state index is 14.2. The molecule has 29 heteroatoms. The Morgan fingerprint density at radius 3 is 1.02 bits per heavy atom. The first-order chi connectivity index (χ1) is 38.5. The van der Waals surface area contributed by atoms with Gasteiger partial charge in [0, 0.05) is 16.7 Å². The average Bonchev–Trinajstić information content (AvgIpc) is 1.26. The van der Waals surface area contributed by atoms with Gasteiger partial charge in [-0.25, -0.2) is 0 Å². The number of fused-ring (bicyclic) bond motifs is 1. The second-order valence-corrected chi connectivity index (χ2v) is 18.8. The van der Waals surface area contributed by atoms with E-state index in [4.69, 9.17) is 16.3 Å². The highest BCUT2D eigenvalue weighted by molar-refractivity contribution is 7.20. The number of benzene rings is 7. The third-order valence-electron chi connectivity index (χ3n) is 12.7. The minimum atomic E-state index is -6.13. The summed E-state index contributed by atoms with van der Waals surface area (Å²) in [5, 5.41) is 2.57. The van der Waals surface area contributed by atoms with Crippen LogP contribution >= 0.6 is 11.6 Å². The molecule has 0 unspecified atom stereocenters. The van der Waals surface area contributed by atoms with Crippen LogP contribution in [0, 0.1) is 0 Å². The standard InChI is InChI=1S/C32H12BF24.C23H17ClNO2/c34-25(35,36)13-1-14(26(37,38)39)6-21(5-13)33(22-7-15(27(40,41)42)2-16(8-22)28(43,44)45,23-9-17(29(46,47)48)3-18(10-23)30(49,50)51)24-11-19(31(52,53)54)4-20(12-24)32(55,56)57;24-19-10-6-11-20(15-19)27-23-21-12-5-4-7-17(21)13-14-25(23)16-22(26)18-8-2-1-3-9-18/h1-12H;1-15H,16H2/q-1;+1. The van der Waals surface area contributed by atoms with Gasteiger partial charge in [0.2, 0.25) is 12.3 Å². The molecule has 8 rings (SSSR count). The Balaban J connectivity index is 0.000000309. The van der Waals surface area contributed by atoms with Gasteiger partial charge in [-0.15, -0.1) is 0 Å². The van der Waals surface area contributed by atoms with Crippen molar-refractivity contribution in [2.24, 2.45) is 0 Å². The van der Waals surface area contributed by atoms with Crippen molar-refractivity contribution < 1.29 is 119 Å². The minimum Gasteiger partial charge on any atom is -0.405 e. The van der Waals surface area contributed by atoms with Gasteiger partial charge < -0.3 is 4.74 Å². The summed E-state index contributed by atoms with van der Waals surface area (Å²) in [4.78, 5) is 12.7. The van der Waals surface area contributed by atoms with Gasteiger partial charge in [-0.1, -0.05) is 115 Å². The summed E-state index contributed by atoms with van der Waals surface area (Å²) in [5.41, 5.74) is -29.5. The van der Waals surface area contributed by atoms with E-state index in [0.29, 0.717) is 22.2 Å². The van der Waals surface area contributed by atoms with Crippen molar-refractivity contribution in [2.45, 2.75) is 56.0 Å². The maximum Gasteiger partial charge on any atom is 0.416 e. The smallest absolute Gasteiger partial charge is 0.405 e. The van der Waals surface area contributed by atoms with Gasteiger partial charge in [0.25, 0.3) is 0 Å². The molecule has 3 nitrogen and oxygen atoms in total. The van der Waals surface area contributed by atoms with Crippen LogP contribution < -0.4 is 31.2 Å². The zero-order chi connectivity index (χ0) is 62.6. The first-order valence-electron chi connectivity index (χ1n) is 23.3. The summed E-state index contributed by atoms with van der Waals surface area (Å²) in [6.45, 7) is 0.185. The normalized spacial score (nSPS) is 13.2. The number of carbonyl (C=O) groups is 1. The van der Waals surface area contributed by atoms with E-state index < -0.39 is 195 Å². The number of hydrogen-bond acceptors (Lipinski definition) is 2. The molecular weight excluding hydrogens is 1210 g/mol. The molecule has 1 aromatic heterocycles. The SMILES string of the molecule is FC(F)(F)c1cc([B-](c2cc(C(F)(F)F)cc(C(F)(F)F)c2)(c2cc(C(F)(F)F)cc(C(F)(F)F)c2)c2cc(C(F)(F)F)cc(C(F)(F)F)c2)cc(C(F)(F)F)c1.O=C(C[n+]1ccc2ccccc2c1Oc1cccc(Cl)c1)c1ccccc1. The molecule has 0 N–H and O–H groups in total. The molecule has 0 spiro atoms. The molecule has 0 radical (unpaired) electrons. The quantitative estimate of drug-likeness (QED) is 0.0624. The third-order valence-corrected chi connectivity index (χ3v) is 13.0. The number of nitrogens with zero attached hydrogens (tertiary/aromatic N) is 1. The van der Waals surface area contributed by atoms with E-state index in [1.165, 1.54) is 0 Å². The lowest BCUT2D eigenvalue weighted by Crippen LogP contribution is -2.75. The Bertz CT molecular complexity index is 3290. The summed E-state index contributed by atoms with van der Waals surface area (Å²) in [5.74, 6) is 1.26. The van der Waals surface area contributed by atoms with E-state index in [1.54, 1.807) is 12.1 Å². The lowest BCUT2D eigenvalue weighted by Gasteiger charge is -2.46. The van der Waals surface area contributed by atoms with Crippen LogP contribution in [0.5, 0.6) is 11.6 Å². The summed E-state index contributed by atoms with van der Waals surface area (Å²) in [6.07, 6.45) is -52.9. The molecule has 0 amide bonds. The van der Waals surface area contributed by atoms with Crippen molar-refractivity contribution in [3.05, 3.63) is 219 Å². The van der Waals surface area contributed by atoms with Crippen molar-refractivity contribution in [2.75, 3.05) is 0 Å². The highest BCUT2D eigenvalue weighted by atomic mass is 35.5. The number of carbonyl (C=O) groups excluding carboxylic acids is 1. The third kappa shape index (κ3) is 14.3. The number of ether oxygens (including phenoxy) is 1. The minimum absolute atomic E-state index is 0.0202. The summed E-state index contributed by atoms with van der Waals surface area (Å²) in [6, 6.07) is 17.6. The number of alkyl halides is 24. The van der Waals surface area contributed by atoms with Crippen LogP contribution in [0.4, 0.5) is 105 Å². The van der Waals surface area contributed by atoms with E-state index in [0.717, 1.165) is 10.8 Å². The Morgan fingerprint density at radius 2 is 0.702 bits per heavy atom. The fourth-order valence-corrected chi connectivity index (χ4v) is 9.23. The number of pyridine rings is 1. The molecule has 444 valence electrons. The topological polar surface area (TPSA) is 30.2 Å². The Labute approximate surface area is 461 Å². The summed E-state index contributed by atoms with van der Waals surface area (Å²) < 4.78 is 349. The van der Waals surface area contributed by atoms with Crippen molar-refractivity contribution >= 4 is 56.2 Å². The van der Waals surface area contributed by atoms with Gasteiger partial charge >= 0.3 is 55.3 Å². The van der Waals surface area contributed by atoms with Crippen LogP contribution in [0.25, 0.3) is 10.8 Å². The first kappa shape index (κ1) is 63.7. The van der Waals surface area contributed by atoms with E-state index >= 15 is 0 Å². The molecule has 0 aliphatic heterocycles. The van der Waals surface area contributed by atoms with Crippen LogP contribution in [-0.4, -0.2) is 11.9 Å².